The fourth-order valence-corrected chi connectivity index (χ4v) is 4.57. The van der Waals surface area contributed by atoms with E-state index in [0.717, 1.165) is 50.4 Å². The molecule has 1 aliphatic heterocycles. The van der Waals surface area contributed by atoms with Gasteiger partial charge in [0.2, 0.25) is 5.95 Å². The highest BCUT2D eigenvalue weighted by Gasteiger charge is 2.20. The lowest BCUT2D eigenvalue weighted by Gasteiger charge is -2.37. The van der Waals surface area contributed by atoms with Gasteiger partial charge in [-0.25, -0.2) is 14.4 Å². The van der Waals surface area contributed by atoms with Crippen molar-refractivity contribution in [3.63, 3.8) is 0 Å². The Labute approximate surface area is 202 Å². The van der Waals surface area contributed by atoms with Gasteiger partial charge in [-0.1, -0.05) is 24.3 Å². The van der Waals surface area contributed by atoms with E-state index in [1.807, 2.05) is 18.2 Å². The first-order valence-electron chi connectivity index (χ1n) is 11.7. The first-order valence-corrected chi connectivity index (χ1v) is 11.7. The number of piperazine rings is 1. The fraction of sp³-hybridized carbons (Fsp3) is 0.320. The van der Waals surface area contributed by atoms with Crippen LogP contribution >= 0.6 is 0 Å². The summed E-state index contributed by atoms with van der Waals surface area (Å²) in [5.41, 5.74) is 8.81. The van der Waals surface area contributed by atoms with Gasteiger partial charge in [0.05, 0.1) is 0 Å². The van der Waals surface area contributed by atoms with Crippen LogP contribution in [-0.2, 0) is 6.54 Å². The normalized spacial score (nSPS) is 14.6. The van der Waals surface area contributed by atoms with Gasteiger partial charge in [0.1, 0.15) is 22.7 Å². The van der Waals surface area contributed by atoms with E-state index in [-0.39, 0.29) is 29.7 Å². The van der Waals surface area contributed by atoms with E-state index in [2.05, 4.69) is 31.2 Å². The number of carbonyl (C=O) groups is 1. The molecule has 0 aliphatic carbocycles. The zero-order chi connectivity index (χ0) is 24.4. The topological polar surface area (TPSA) is 112 Å². The van der Waals surface area contributed by atoms with E-state index in [1.54, 1.807) is 12.1 Å². The van der Waals surface area contributed by atoms with Crippen LogP contribution in [0.5, 0.6) is 0 Å². The van der Waals surface area contributed by atoms with Crippen LogP contribution in [0.1, 0.15) is 22.5 Å². The van der Waals surface area contributed by atoms with Crippen molar-refractivity contribution in [2.75, 3.05) is 50.0 Å². The maximum Gasteiger partial charge on any atom is 0.271 e. The van der Waals surface area contributed by atoms with E-state index in [0.29, 0.717) is 17.6 Å². The smallest absolute Gasteiger partial charge is 0.271 e. The van der Waals surface area contributed by atoms with Crippen molar-refractivity contribution in [1.29, 1.82) is 0 Å². The molecule has 2 aromatic heterocycles. The number of nitrogens with zero attached hydrogens (tertiary/aromatic N) is 5. The van der Waals surface area contributed by atoms with Crippen molar-refractivity contribution in [3.05, 3.63) is 65.7 Å². The van der Waals surface area contributed by atoms with Crippen LogP contribution in [0.25, 0.3) is 16.6 Å². The van der Waals surface area contributed by atoms with Gasteiger partial charge in [0, 0.05) is 63.1 Å². The Morgan fingerprint density at radius 2 is 1.89 bits per heavy atom. The molecule has 4 N–H and O–H groups in total. The number of halogens is 1. The minimum absolute atomic E-state index is 0.0626. The number of aliphatic hydroxyl groups is 1. The Bertz CT molecular complexity index is 1360. The van der Waals surface area contributed by atoms with Crippen molar-refractivity contribution in [2.45, 2.75) is 13.0 Å². The number of benzene rings is 2. The van der Waals surface area contributed by atoms with Crippen LogP contribution in [0.2, 0.25) is 0 Å². The lowest BCUT2D eigenvalue weighted by Crippen LogP contribution is -2.47. The van der Waals surface area contributed by atoms with Gasteiger partial charge < -0.3 is 21.1 Å². The van der Waals surface area contributed by atoms with Crippen molar-refractivity contribution in [2.24, 2.45) is 0 Å². The average Bonchev–Trinajstić information content (AvgIpc) is 3.34. The Morgan fingerprint density at radius 3 is 2.69 bits per heavy atom. The summed E-state index contributed by atoms with van der Waals surface area (Å²) in [4.78, 5) is 26.2. The van der Waals surface area contributed by atoms with Gasteiger partial charge in [-0.2, -0.15) is 0 Å². The number of carbonyl (C=O) groups excluding carboxylic acids is 1. The Balaban J connectivity index is 1.31. The summed E-state index contributed by atoms with van der Waals surface area (Å²) in [6.07, 6.45) is 2.31. The molecule has 1 saturated heterocycles. The minimum Gasteiger partial charge on any atom is -0.396 e. The molecule has 0 atom stereocenters. The van der Waals surface area contributed by atoms with Crippen molar-refractivity contribution in [1.82, 2.24) is 24.6 Å². The van der Waals surface area contributed by atoms with Gasteiger partial charge in [-0.3, -0.25) is 14.1 Å². The highest BCUT2D eigenvalue weighted by Crippen LogP contribution is 2.24. The zero-order valence-electron chi connectivity index (χ0n) is 19.3. The van der Waals surface area contributed by atoms with Gasteiger partial charge in [0.15, 0.2) is 0 Å². The molecule has 35 heavy (non-hydrogen) atoms. The number of anilines is 2. The largest absolute Gasteiger partial charge is 0.396 e. The molecule has 0 spiro atoms. The van der Waals surface area contributed by atoms with Gasteiger partial charge in [-0.15, -0.1) is 0 Å². The van der Waals surface area contributed by atoms with Crippen molar-refractivity contribution in [3.8, 4) is 0 Å². The Kier molecular flexibility index (Phi) is 6.47. The van der Waals surface area contributed by atoms with Crippen LogP contribution in [-0.4, -0.2) is 69.6 Å². The number of rotatable bonds is 7. The maximum absolute atomic E-state index is 14.2. The number of hydrogen-bond acceptors (Lipinski definition) is 7. The van der Waals surface area contributed by atoms with E-state index >= 15 is 0 Å². The van der Waals surface area contributed by atoms with Crippen LogP contribution in [0, 0.1) is 5.82 Å². The molecular formula is C25H28FN7O2. The third kappa shape index (κ3) is 4.62. The van der Waals surface area contributed by atoms with Crippen molar-refractivity contribution < 1.29 is 14.3 Å². The summed E-state index contributed by atoms with van der Waals surface area (Å²) in [5, 5.41) is 12.5. The number of hydrogen-bond donors (Lipinski definition) is 3. The molecule has 1 amide bonds. The number of para-hydroxylation sites is 2. The molecule has 0 bridgehead atoms. The molecule has 0 saturated carbocycles. The molecule has 9 nitrogen and oxygen atoms in total. The molecule has 3 heterocycles. The summed E-state index contributed by atoms with van der Waals surface area (Å²) in [6, 6.07) is 12.6. The summed E-state index contributed by atoms with van der Waals surface area (Å²) in [6.45, 7) is 5.11. The summed E-state index contributed by atoms with van der Waals surface area (Å²) in [5.74, 6) is -0.773. The molecule has 1 fully saturated rings. The lowest BCUT2D eigenvalue weighted by atomic mass is 10.1. The second-order valence-corrected chi connectivity index (χ2v) is 8.64. The number of imidazole rings is 1. The number of aromatic nitrogens is 3. The third-order valence-electron chi connectivity index (χ3n) is 6.42. The lowest BCUT2D eigenvalue weighted by molar-refractivity contribution is 0.0946. The van der Waals surface area contributed by atoms with Gasteiger partial charge >= 0.3 is 0 Å². The second-order valence-electron chi connectivity index (χ2n) is 8.64. The molecular weight excluding hydrogens is 449 g/mol. The monoisotopic (exact) mass is 477 g/mol. The van der Waals surface area contributed by atoms with E-state index in [1.165, 1.54) is 16.7 Å². The van der Waals surface area contributed by atoms with E-state index < -0.39 is 5.82 Å². The summed E-state index contributed by atoms with van der Waals surface area (Å²) >= 11 is 0. The fourth-order valence-electron chi connectivity index (χ4n) is 4.57. The number of amides is 1. The van der Waals surface area contributed by atoms with Gasteiger partial charge in [0.25, 0.3) is 5.91 Å². The quantitative estimate of drug-likeness (QED) is 0.373. The average molecular weight is 478 g/mol. The first-order chi connectivity index (χ1) is 17.0. The predicted molar refractivity (Wildman–Crippen MR) is 133 cm³/mol. The predicted octanol–water partition coefficient (Wildman–Crippen LogP) is 2.04. The standard InChI is InChI=1S/C25H28FN7O2/c26-19-7-3-6-18-22(19)30-25(27)33-16-20(29-23(18)33)24(35)28-15-17-5-1-2-8-21(17)32-12-10-31(11-13-32)9-4-14-34/h1-3,5-8,16,34H,4,9-15H2,(H2,27,30)(H,28,35). The molecule has 1 aliphatic rings. The summed E-state index contributed by atoms with van der Waals surface area (Å²) < 4.78 is 15.7. The molecule has 10 heteroatoms. The molecule has 0 unspecified atom stereocenters. The first kappa shape index (κ1) is 23.0. The number of nitrogen functional groups attached to an aromatic ring is 1. The summed E-state index contributed by atoms with van der Waals surface area (Å²) in [7, 11) is 0. The minimum atomic E-state index is -0.489. The van der Waals surface area contributed by atoms with E-state index in [4.69, 9.17) is 10.8 Å². The van der Waals surface area contributed by atoms with Crippen LogP contribution in [0.15, 0.2) is 48.7 Å². The number of fused-ring (bicyclic) bond motifs is 3. The SMILES string of the molecule is Nc1nc2c(F)cccc2c2nc(C(=O)NCc3ccccc3N3CCN(CCCO)CC3)cn12. The third-order valence-corrected chi connectivity index (χ3v) is 6.42. The highest BCUT2D eigenvalue weighted by molar-refractivity contribution is 5.97. The highest BCUT2D eigenvalue weighted by atomic mass is 19.1. The maximum atomic E-state index is 14.2. The Morgan fingerprint density at radius 1 is 1.09 bits per heavy atom. The van der Waals surface area contributed by atoms with Gasteiger partial charge in [-0.05, 0) is 30.2 Å². The molecule has 2 aromatic carbocycles. The Hall–Kier alpha value is -3.76. The molecule has 5 rings (SSSR count). The zero-order valence-corrected chi connectivity index (χ0v) is 19.3. The molecule has 4 aromatic rings. The van der Waals surface area contributed by atoms with E-state index in [9.17, 15) is 9.18 Å². The van der Waals surface area contributed by atoms with Crippen LogP contribution in [0.4, 0.5) is 16.0 Å². The van der Waals surface area contributed by atoms with Crippen molar-refractivity contribution >= 4 is 34.1 Å². The second kappa shape index (κ2) is 9.85. The van der Waals surface area contributed by atoms with Crippen LogP contribution < -0.4 is 16.0 Å². The van der Waals surface area contributed by atoms with Crippen LogP contribution in [0.3, 0.4) is 0 Å². The molecule has 0 radical (unpaired) electrons. The molecule has 182 valence electrons. The number of aliphatic hydroxyl groups excluding tert-OH is 1. The number of nitrogens with two attached hydrogens (primary N) is 1. The number of nitrogens with one attached hydrogen (secondary N) is 1.